The highest BCUT2D eigenvalue weighted by Gasteiger charge is 2.35. The van der Waals surface area contributed by atoms with E-state index in [-0.39, 0.29) is 17.3 Å². The molecule has 1 aliphatic heterocycles. The summed E-state index contributed by atoms with van der Waals surface area (Å²) in [7, 11) is -3.70. The normalized spacial score (nSPS) is 20.4. The highest BCUT2D eigenvalue weighted by molar-refractivity contribution is 7.91. The zero-order valence-electron chi connectivity index (χ0n) is 12.4. The Balaban J connectivity index is 2.04. The van der Waals surface area contributed by atoms with Crippen molar-refractivity contribution < 1.29 is 26.4 Å². The van der Waals surface area contributed by atoms with Gasteiger partial charge in [-0.15, -0.1) is 11.3 Å². The molecule has 130 valence electrons. The van der Waals surface area contributed by atoms with Gasteiger partial charge in [0, 0.05) is 18.0 Å². The van der Waals surface area contributed by atoms with Crippen LogP contribution in [0.2, 0.25) is 0 Å². The number of thiophene rings is 1. The minimum absolute atomic E-state index is 0.0943. The van der Waals surface area contributed by atoms with Crippen molar-refractivity contribution in [3.8, 4) is 0 Å². The van der Waals surface area contributed by atoms with Crippen molar-refractivity contribution in [3.63, 3.8) is 0 Å². The number of nitrogens with one attached hydrogen (secondary N) is 1. The molecular weight excluding hydrogens is 353 g/mol. The number of aryl methyl sites for hydroxylation is 1. The van der Waals surface area contributed by atoms with Crippen molar-refractivity contribution in [2.75, 3.05) is 19.6 Å². The third-order valence-electron chi connectivity index (χ3n) is 3.53. The average molecular weight is 370 g/mol. The summed E-state index contributed by atoms with van der Waals surface area (Å²) in [4.78, 5) is 12.7. The van der Waals surface area contributed by atoms with Crippen molar-refractivity contribution >= 4 is 27.3 Å². The van der Waals surface area contributed by atoms with E-state index in [1.54, 1.807) is 13.0 Å². The molecule has 2 heterocycles. The molecule has 2 rings (SSSR count). The van der Waals surface area contributed by atoms with Crippen LogP contribution >= 0.6 is 11.3 Å². The molecule has 1 amide bonds. The van der Waals surface area contributed by atoms with E-state index >= 15 is 0 Å². The van der Waals surface area contributed by atoms with Gasteiger partial charge in [0.1, 0.15) is 10.8 Å². The maximum Gasteiger partial charge on any atom is 0.405 e. The number of carbonyl (C=O) groups is 1. The van der Waals surface area contributed by atoms with E-state index in [0.29, 0.717) is 12.8 Å². The van der Waals surface area contributed by atoms with Gasteiger partial charge in [-0.3, -0.25) is 4.79 Å². The lowest BCUT2D eigenvalue weighted by molar-refractivity contribution is -0.141. The minimum Gasteiger partial charge on any atom is -0.347 e. The Labute approximate surface area is 136 Å². The molecule has 0 aliphatic carbocycles. The Hall–Kier alpha value is -1.13. The smallest absolute Gasteiger partial charge is 0.347 e. The highest BCUT2D eigenvalue weighted by atomic mass is 32.2. The second-order valence-corrected chi connectivity index (χ2v) is 8.85. The van der Waals surface area contributed by atoms with E-state index < -0.39 is 34.6 Å². The summed E-state index contributed by atoms with van der Waals surface area (Å²) in [6.07, 6.45) is -3.67. The molecule has 1 aliphatic rings. The number of alkyl halides is 3. The Kier molecular flexibility index (Phi) is 5.37. The standard InChI is InChI=1S/C13H17F3N2O3S2/c1-9-4-5-11(22-9)23(20,21)18-6-2-3-10(7-18)12(19)17-8-13(14,15)16/h4-5,10H,2-3,6-8H2,1H3,(H,17,19). The van der Waals surface area contributed by atoms with Crippen LogP contribution < -0.4 is 5.32 Å². The Bertz CT molecular complexity index is 670. The van der Waals surface area contributed by atoms with E-state index in [4.69, 9.17) is 0 Å². The molecule has 1 unspecified atom stereocenters. The zero-order valence-corrected chi connectivity index (χ0v) is 14.0. The largest absolute Gasteiger partial charge is 0.405 e. The van der Waals surface area contributed by atoms with Crippen molar-refractivity contribution in [1.29, 1.82) is 0 Å². The van der Waals surface area contributed by atoms with Gasteiger partial charge in [0.05, 0.1) is 5.92 Å². The Morgan fingerprint density at radius 3 is 2.70 bits per heavy atom. The Morgan fingerprint density at radius 2 is 2.13 bits per heavy atom. The van der Waals surface area contributed by atoms with Crippen LogP contribution in [0.25, 0.3) is 0 Å². The van der Waals surface area contributed by atoms with Gasteiger partial charge in [0.15, 0.2) is 0 Å². The predicted octanol–water partition coefficient (Wildman–Crippen LogP) is 2.14. The van der Waals surface area contributed by atoms with Crippen molar-refractivity contribution in [2.24, 2.45) is 5.92 Å². The molecule has 5 nitrogen and oxygen atoms in total. The molecular formula is C13H17F3N2O3S2. The lowest BCUT2D eigenvalue weighted by atomic mass is 9.99. The SMILES string of the molecule is Cc1ccc(S(=O)(=O)N2CCCC(C(=O)NCC(F)(F)F)C2)s1. The fourth-order valence-corrected chi connectivity index (χ4v) is 5.35. The molecule has 1 N–H and O–H groups in total. The van der Waals surface area contributed by atoms with Crippen molar-refractivity contribution in [2.45, 2.75) is 30.2 Å². The van der Waals surface area contributed by atoms with Crippen LogP contribution in [0.5, 0.6) is 0 Å². The second-order valence-electron chi connectivity index (χ2n) is 5.40. The summed E-state index contributed by atoms with van der Waals surface area (Å²) in [5.74, 6) is -1.52. The quantitative estimate of drug-likeness (QED) is 0.883. The van der Waals surface area contributed by atoms with Gasteiger partial charge in [-0.05, 0) is 31.9 Å². The van der Waals surface area contributed by atoms with Crippen LogP contribution in [0.4, 0.5) is 13.2 Å². The molecule has 1 saturated heterocycles. The number of carbonyl (C=O) groups excluding carboxylic acids is 1. The van der Waals surface area contributed by atoms with Crippen LogP contribution in [-0.4, -0.2) is 44.4 Å². The molecule has 0 aromatic carbocycles. The van der Waals surface area contributed by atoms with E-state index in [1.807, 2.05) is 5.32 Å². The number of nitrogens with zero attached hydrogens (tertiary/aromatic N) is 1. The topological polar surface area (TPSA) is 66.5 Å². The molecule has 1 atom stereocenters. The van der Waals surface area contributed by atoms with Gasteiger partial charge in [0.25, 0.3) is 10.0 Å². The molecule has 1 aromatic heterocycles. The zero-order chi connectivity index (χ0) is 17.3. The summed E-state index contributed by atoms with van der Waals surface area (Å²) >= 11 is 1.13. The molecule has 0 saturated carbocycles. The first-order chi connectivity index (χ1) is 10.6. The van der Waals surface area contributed by atoms with Gasteiger partial charge in [0.2, 0.25) is 5.91 Å². The summed E-state index contributed by atoms with van der Waals surface area (Å²) in [5.41, 5.74) is 0. The maximum atomic E-state index is 12.5. The molecule has 1 fully saturated rings. The van der Waals surface area contributed by atoms with Gasteiger partial charge in [-0.25, -0.2) is 8.42 Å². The van der Waals surface area contributed by atoms with Crippen LogP contribution in [0, 0.1) is 12.8 Å². The van der Waals surface area contributed by atoms with Gasteiger partial charge in [-0.1, -0.05) is 0 Å². The third kappa shape index (κ3) is 4.67. The average Bonchev–Trinajstić information content (AvgIpc) is 2.91. The third-order valence-corrected chi connectivity index (χ3v) is 6.86. The van der Waals surface area contributed by atoms with Gasteiger partial charge < -0.3 is 5.32 Å². The van der Waals surface area contributed by atoms with Crippen LogP contribution in [0.1, 0.15) is 17.7 Å². The first kappa shape index (κ1) is 18.2. The van der Waals surface area contributed by atoms with E-state index in [2.05, 4.69) is 0 Å². The summed E-state index contributed by atoms with van der Waals surface area (Å²) < 4.78 is 62.8. The number of piperidine rings is 1. The van der Waals surface area contributed by atoms with Crippen LogP contribution in [0.15, 0.2) is 16.3 Å². The molecule has 10 heteroatoms. The first-order valence-electron chi connectivity index (χ1n) is 7.00. The number of sulfonamides is 1. The van der Waals surface area contributed by atoms with Crippen molar-refractivity contribution in [3.05, 3.63) is 17.0 Å². The molecule has 23 heavy (non-hydrogen) atoms. The molecule has 0 spiro atoms. The van der Waals surface area contributed by atoms with Crippen molar-refractivity contribution in [1.82, 2.24) is 9.62 Å². The summed E-state index contributed by atoms with van der Waals surface area (Å²) in [6, 6.07) is 3.19. The predicted molar refractivity (Wildman–Crippen MR) is 79.6 cm³/mol. The lowest BCUT2D eigenvalue weighted by Gasteiger charge is -2.30. The minimum atomic E-state index is -4.48. The molecule has 0 bridgehead atoms. The number of rotatable bonds is 4. The molecule has 1 aromatic rings. The van der Waals surface area contributed by atoms with E-state index in [9.17, 15) is 26.4 Å². The number of halogens is 3. The van der Waals surface area contributed by atoms with Gasteiger partial charge >= 0.3 is 6.18 Å². The highest BCUT2D eigenvalue weighted by Crippen LogP contribution is 2.28. The van der Waals surface area contributed by atoms with E-state index in [0.717, 1.165) is 16.2 Å². The molecule has 0 radical (unpaired) electrons. The second kappa shape index (κ2) is 6.78. The fourth-order valence-electron chi connectivity index (χ4n) is 2.38. The number of amides is 1. The Morgan fingerprint density at radius 1 is 1.43 bits per heavy atom. The maximum absolute atomic E-state index is 12.5. The number of hydrogen-bond donors (Lipinski definition) is 1. The summed E-state index contributed by atoms with van der Waals surface area (Å²) in [5, 5.41) is 1.83. The van der Waals surface area contributed by atoms with E-state index in [1.165, 1.54) is 10.4 Å². The number of hydrogen-bond acceptors (Lipinski definition) is 4. The fraction of sp³-hybridized carbons (Fsp3) is 0.615. The van der Waals surface area contributed by atoms with Gasteiger partial charge in [-0.2, -0.15) is 17.5 Å². The lowest BCUT2D eigenvalue weighted by Crippen LogP contribution is -2.46. The first-order valence-corrected chi connectivity index (χ1v) is 9.26. The summed E-state index contributed by atoms with van der Waals surface area (Å²) in [6.45, 7) is 0.553. The monoisotopic (exact) mass is 370 g/mol. The van der Waals surface area contributed by atoms with Crippen LogP contribution in [0.3, 0.4) is 0 Å². The van der Waals surface area contributed by atoms with Crippen LogP contribution in [-0.2, 0) is 14.8 Å².